The van der Waals surface area contributed by atoms with Gasteiger partial charge in [0.05, 0.1) is 5.60 Å². The average Bonchev–Trinajstić information content (AvgIpc) is 2.63. The molecule has 0 aliphatic heterocycles. The van der Waals surface area contributed by atoms with Crippen molar-refractivity contribution in [3.05, 3.63) is 35.4 Å². The van der Waals surface area contributed by atoms with Crippen LogP contribution in [-0.4, -0.2) is 5.11 Å². The SMILES string of the molecule is CCCC1CCCC(O)(c2cccc(CC)c2)CC1. The van der Waals surface area contributed by atoms with Crippen LogP contribution in [0.4, 0.5) is 0 Å². The Bertz CT molecular complexity index is 398. The lowest BCUT2D eigenvalue weighted by Gasteiger charge is -2.28. The van der Waals surface area contributed by atoms with Gasteiger partial charge in [0.15, 0.2) is 0 Å². The molecule has 1 aromatic rings. The Morgan fingerprint density at radius 1 is 1.21 bits per heavy atom. The maximum absolute atomic E-state index is 11.0. The molecular weight excluding hydrogens is 232 g/mol. The van der Waals surface area contributed by atoms with Crippen LogP contribution in [0.5, 0.6) is 0 Å². The highest BCUT2D eigenvalue weighted by molar-refractivity contribution is 5.28. The maximum atomic E-state index is 11.0. The van der Waals surface area contributed by atoms with Gasteiger partial charge < -0.3 is 5.11 Å². The van der Waals surface area contributed by atoms with Crippen molar-refractivity contribution in [2.75, 3.05) is 0 Å². The lowest BCUT2D eigenvalue weighted by Crippen LogP contribution is -2.25. The monoisotopic (exact) mass is 260 g/mol. The van der Waals surface area contributed by atoms with E-state index in [-0.39, 0.29) is 0 Å². The van der Waals surface area contributed by atoms with Crippen molar-refractivity contribution in [1.29, 1.82) is 0 Å². The first-order valence-corrected chi connectivity index (χ1v) is 7.99. The first-order valence-electron chi connectivity index (χ1n) is 7.99. The highest BCUT2D eigenvalue weighted by atomic mass is 16.3. The first kappa shape index (κ1) is 14.6. The normalized spacial score (nSPS) is 28.1. The summed E-state index contributed by atoms with van der Waals surface area (Å²) in [4.78, 5) is 0. The van der Waals surface area contributed by atoms with Gasteiger partial charge >= 0.3 is 0 Å². The number of aliphatic hydroxyl groups is 1. The van der Waals surface area contributed by atoms with E-state index in [1.165, 1.54) is 31.2 Å². The second-order valence-corrected chi connectivity index (χ2v) is 6.17. The fraction of sp³-hybridized carbons (Fsp3) is 0.667. The van der Waals surface area contributed by atoms with Gasteiger partial charge in [0, 0.05) is 0 Å². The van der Waals surface area contributed by atoms with E-state index < -0.39 is 5.60 Å². The summed E-state index contributed by atoms with van der Waals surface area (Å²) in [5, 5.41) is 11.0. The molecule has 1 saturated carbocycles. The Hall–Kier alpha value is -0.820. The largest absolute Gasteiger partial charge is 0.385 e. The molecule has 1 nitrogen and oxygen atoms in total. The predicted octanol–water partition coefficient (Wildman–Crippen LogP) is 4.82. The molecule has 0 bridgehead atoms. The van der Waals surface area contributed by atoms with Gasteiger partial charge in [0.25, 0.3) is 0 Å². The Labute approximate surface area is 118 Å². The Balaban J connectivity index is 2.12. The fourth-order valence-electron chi connectivity index (χ4n) is 3.46. The number of benzene rings is 1. The highest BCUT2D eigenvalue weighted by Crippen LogP contribution is 2.39. The summed E-state index contributed by atoms with van der Waals surface area (Å²) in [6, 6.07) is 8.57. The molecule has 1 aromatic carbocycles. The van der Waals surface area contributed by atoms with E-state index in [1.807, 2.05) is 0 Å². The average molecular weight is 260 g/mol. The molecule has 0 saturated heterocycles. The Kier molecular flexibility index (Phi) is 5.04. The molecule has 2 atom stereocenters. The van der Waals surface area contributed by atoms with Gasteiger partial charge in [-0.15, -0.1) is 0 Å². The smallest absolute Gasteiger partial charge is 0.0896 e. The molecule has 0 amide bonds. The zero-order valence-electron chi connectivity index (χ0n) is 12.5. The minimum Gasteiger partial charge on any atom is -0.385 e. The van der Waals surface area contributed by atoms with Gasteiger partial charge in [0.2, 0.25) is 0 Å². The zero-order chi connectivity index (χ0) is 13.7. The highest BCUT2D eigenvalue weighted by Gasteiger charge is 2.32. The minimum atomic E-state index is -0.576. The molecule has 2 unspecified atom stereocenters. The summed E-state index contributed by atoms with van der Waals surface area (Å²) in [6.07, 6.45) is 9.15. The van der Waals surface area contributed by atoms with E-state index in [9.17, 15) is 5.11 Å². The van der Waals surface area contributed by atoms with Crippen LogP contribution in [0, 0.1) is 5.92 Å². The van der Waals surface area contributed by atoms with Crippen LogP contribution in [0.2, 0.25) is 0 Å². The van der Waals surface area contributed by atoms with Crippen molar-refractivity contribution in [3.8, 4) is 0 Å². The third-order valence-electron chi connectivity index (χ3n) is 4.74. The van der Waals surface area contributed by atoms with Gasteiger partial charge in [0.1, 0.15) is 0 Å². The summed E-state index contributed by atoms with van der Waals surface area (Å²) in [7, 11) is 0. The number of hydrogen-bond donors (Lipinski definition) is 1. The van der Waals surface area contributed by atoms with Gasteiger partial charge in [-0.3, -0.25) is 0 Å². The van der Waals surface area contributed by atoms with Crippen molar-refractivity contribution in [1.82, 2.24) is 0 Å². The fourth-order valence-corrected chi connectivity index (χ4v) is 3.46. The van der Waals surface area contributed by atoms with Crippen molar-refractivity contribution in [2.24, 2.45) is 5.92 Å². The summed E-state index contributed by atoms with van der Waals surface area (Å²) < 4.78 is 0. The molecule has 1 N–H and O–H groups in total. The van der Waals surface area contributed by atoms with Gasteiger partial charge in [-0.05, 0) is 49.1 Å². The van der Waals surface area contributed by atoms with Crippen molar-refractivity contribution < 1.29 is 5.11 Å². The Morgan fingerprint density at radius 2 is 2.05 bits per heavy atom. The van der Waals surface area contributed by atoms with Crippen LogP contribution in [-0.2, 0) is 12.0 Å². The van der Waals surface area contributed by atoms with Crippen LogP contribution in [0.1, 0.15) is 69.9 Å². The van der Waals surface area contributed by atoms with Crippen molar-refractivity contribution >= 4 is 0 Å². The molecule has 0 aromatic heterocycles. The van der Waals surface area contributed by atoms with Crippen LogP contribution in [0.15, 0.2) is 24.3 Å². The van der Waals surface area contributed by atoms with Gasteiger partial charge in [-0.25, -0.2) is 0 Å². The molecule has 19 heavy (non-hydrogen) atoms. The summed E-state index contributed by atoms with van der Waals surface area (Å²) >= 11 is 0. The van der Waals surface area contributed by atoms with E-state index in [2.05, 4.69) is 38.1 Å². The molecule has 0 heterocycles. The molecule has 1 fully saturated rings. The van der Waals surface area contributed by atoms with Crippen LogP contribution < -0.4 is 0 Å². The summed E-state index contributed by atoms with van der Waals surface area (Å²) in [5.41, 5.74) is 1.90. The molecule has 1 heteroatoms. The van der Waals surface area contributed by atoms with Gasteiger partial charge in [-0.1, -0.05) is 57.4 Å². The number of hydrogen-bond acceptors (Lipinski definition) is 1. The first-order chi connectivity index (χ1) is 9.18. The molecule has 1 aliphatic carbocycles. The maximum Gasteiger partial charge on any atom is 0.0896 e. The second kappa shape index (κ2) is 6.56. The lowest BCUT2D eigenvalue weighted by molar-refractivity contribution is 0.0195. The predicted molar refractivity (Wildman–Crippen MR) is 81.2 cm³/mol. The molecule has 0 radical (unpaired) electrons. The molecule has 106 valence electrons. The third kappa shape index (κ3) is 3.60. The van der Waals surface area contributed by atoms with Crippen molar-refractivity contribution in [3.63, 3.8) is 0 Å². The standard InChI is InChI=1S/C18H28O/c1-3-7-16-9-6-12-18(19,13-11-16)17-10-5-8-15(4-2)14-17/h5,8,10,14,16,19H,3-4,6-7,9,11-13H2,1-2H3. The summed E-state index contributed by atoms with van der Waals surface area (Å²) in [6.45, 7) is 4.44. The lowest BCUT2D eigenvalue weighted by atomic mass is 9.85. The zero-order valence-corrected chi connectivity index (χ0v) is 12.5. The van der Waals surface area contributed by atoms with Crippen molar-refractivity contribution in [2.45, 2.75) is 70.8 Å². The molecule has 2 rings (SSSR count). The summed E-state index contributed by atoms with van der Waals surface area (Å²) in [5.74, 6) is 0.827. The van der Waals surface area contributed by atoms with Gasteiger partial charge in [-0.2, -0.15) is 0 Å². The molecular formula is C18H28O. The van der Waals surface area contributed by atoms with E-state index in [1.54, 1.807) is 0 Å². The number of rotatable bonds is 4. The van der Waals surface area contributed by atoms with Crippen LogP contribution in [0.25, 0.3) is 0 Å². The van der Waals surface area contributed by atoms with E-state index >= 15 is 0 Å². The molecule has 0 spiro atoms. The van der Waals surface area contributed by atoms with E-state index in [4.69, 9.17) is 0 Å². The Morgan fingerprint density at radius 3 is 2.79 bits per heavy atom. The van der Waals surface area contributed by atoms with E-state index in [0.717, 1.165) is 37.2 Å². The topological polar surface area (TPSA) is 20.2 Å². The molecule has 1 aliphatic rings. The third-order valence-corrected chi connectivity index (χ3v) is 4.74. The quantitative estimate of drug-likeness (QED) is 0.770. The van der Waals surface area contributed by atoms with Crippen LogP contribution in [0.3, 0.4) is 0 Å². The van der Waals surface area contributed by atoms with E-state index in [0.29, 0.717) is 0 Å². The number of aryl methyl sites for hydroxylation is 1. The van der Waals surface area contributed by atoms with Crippen LogP contribution >= 0.6 is 0 Å². The minimum absolute atomic E-state index is 0.576. The second-order valence-electron chi connectivity index (χ2n) is 6.17.